The summed E-state index contributed by atoms with van der Waals surface area (Å²) in [4.78, 5) is 4.68. The summed E-state index contributed by atoms with van der Waals surface area (Å²) in [5.41, 5.74) is 12.6. The van der Waals surface area contributed by atoms with Crippen molar-refractivity contribution in [2.75, 3.05) is 5.73 Å². The summed E-state index contributed by atoms with van der Waals surface area (Å²) in [7, 11) is 0. The highest BCUT2D eigenvalue weighted by Crippen LogP contribution is 2.36. The highest BCUT2D eigenvalue weighted by Gasteiger charge is 2.23. The van der Waals surface area contributed by atoms with Crippen molar-refractivity contribution in [3.05, 3.63) is 47.2 Å². The van der Waals surface area contributed by atoms with Crippen LogP contribution in [0.3, 0.4) is 0 Å². The average molecular weight is 295 g/mol. The zero-order chi connectivity index (χ0) is 15.7. The van der Waals surface area contributed by atoms with E-state index in [0.717, 1.165) is 24.9 Å². The Kier molecular flexibility index (Phi) is 3.92. The first-order chi connectivity index (χ1) is 10.5. The van der Waals surface area contributed by atoms with Crippen LogP contribution in [0.2, 0.25) is 0 Å². The molecule has 1 aromatic heterocycles. The minimum absolute atomic E-state index is 0.0550. The van der Waals surface area contributed by atoms with Gasteiger partial charge in [-0.15, -0.1) is 0 Å². The SMILES string of the molecule is CC(C)(C)NCc1c(N)nc2c(c1-c1ccccc1)CCC2. The van der Waals surface area contributed by atoms with Crippen LogP contribution in [0.15, 0.2) is 30.3 Å². The van der Waals surface area contributed by atoms with Gasteiger partial charge >= 0.3 is 0 Å². The fourth-order valence-corrected chi connectivity index (χ4v) is 3.13. The Balaban J connectivity index is 2.12. The summed E-state index contributed by atoms with van der Waals surface area (Å²) < 4.78 is 0. The Morgan fingerprint density at radius 3 is 2.55 bits per heavy atom. The van der Waals surface area contributed by atoms with E-state index in [2.05, 4.69) is 61.4 Å². The fourth-order valence-electron chi connectivity index (χ4n) is 3.13. The van der Waals surface area contributed by atoms with Crippen molar-refractivity contribution in [3.63, 3.8) is 0 Å². The smallest absolute Gasteiger partial charge is 0.128 e. The third-order valence-electron chi connectivity index (χ3n) is 4.21. The van der Waals surface area contributed by atoms with Gasteiger partial charge in [-0.3, -0.25) is 0 Å². The van der Waals surface area contributed by atoms with Crippen LogP contribution in [0.5, 0.6) is 0 Å². The van der Waals surface area contributed by atoms with E-state index in [1.165, 1.54) is 28.8 Å². The number of rotatable bonds is 3. The van der Waals surface area contributed by atoms with E-state index >= 15 is 0 Å². The molecule has 2 aromatic rings. The molecule has 0 amide bonds. The summed E-state index contributed by atoms with van der Waals surface area (Å²) in [6.45, 7) is 7.27. The predicted octanol–water partition coefficient (Wildman–Crippen LogP) is 3.71. The first kappa shape index (κ1) is 15.0. The van der Waals surface area contributed by atoms with Gasteiger partial charge in [0.2, 0.25) is 0 Å². The van der Waals surface area contributed by atoms with Crippen LogP contribution < -0.4 is 11.1 Å². The highest BCUT2D eigenvalue weighted by atomic mass is 15.0. The molecule has 0 saturated heterocycles. The van der Waals surface area contributed by atoms with Crippen LogP contribution >= 0.6 is 0 Å². The summed E-state index contributed by atoms with van der Waals surface area (Å²) >= 11 is 0. The molecule has 3 N–H and O–H groups in total. The molecule has 0 spiro atoms. The van der Waals surface area contributed by atoms with E-state index in [-0.39, 0.29) is 5.54 Å². The van der Waals surface area contributed by atoms with E-state index in [4.69, 9.17) is 5.73 Å². The Hall–Kier alpha value is -1.87. The number of anilines is 1. The van der Waals surface area contributed by atoms with E-state index in [1.807, 2.05) is 0 Å². The lowest BCUT2D eigenvalue weighted by Gasteiger charge is -2.23. The van der Waals surface area contributed by atoms with Crippen LogP contribution in [-0.4, -0.2) is 10.5 Å². The standard InChI is InChI=1S/C19H25N3/c1-19(2,3)21-12-15-17(13-8-5-4-6-9-13)14-10-7-11-16(14)22-18(15)20/h4-6,8-9,21H,7,10-12H2,1-3H3,(H2,20,22). The molecule has 22 heavy (non-hydrogen) atoms. The van der Waals surface area contributed by atoms with Crippen LogP contribution in [-0.2, 0) is 19.4 Å². The van der Waals surface area contributed by atoms with Crippen LogP contribution in [0, 0.1) is 0 Å². The van der Waals surface area contributed by atoms with Gasteiger partial charge in [0.25, 0.3) is 0 Å². The molecule has 3 nitrogen and oxygen atoms in total. The molecular weight excluding hydrogens is 270 g/mol. The molecule has 1 aromatic carbocycles. The van der Waals surface area contributed by atoms with Crippen molar-refractivity contribution in [1.82, 2.24) is 10.3 Å². The second-order valence-electron chi connectivity index (χ2n) is 7.10. The van der Waals surface area contributed by atoms with Crippen LogP contribution in [0.4, 0.5) is 5.82 Å². The molecule has 0 unspecified atom stereocenters. The number of aryl methyl sites for hydroxylation is 1. The Morgan fingerprint density at radius 2 is 1.86 bits per heavy atom. The van der Waals surface area contributed by atoms with Gasteiger partial charge < -0.3 is 11.1 Å². The molecule has 0 atom stereocenters. The van der Waals surface area contributed by atoms with Crippen molar-refractivity contribution in [3.8, 4) is 11.1 Å². The van der Waals surface area contributed by atoms with Crippen LogP contribution in [0.1, 0.15) is 44.0 Å². The summed E-state index contributed by atoms with van der Waals surface area (Å²) in [6.07, 6.45) is 3.33. The largest absolute Gasteiger partial charge is 0.383 e. The topological polar surface area (TPSA) is 50.9 Å². The van der Waals surface area contributed by atoms with Crippen molar-refractivity contribution in [1.29, 1.82) is 0 Å². The number of benzene rings is 1. The maximum absolute atomic E-state index is 6.31. The van der Waals surface area contributed by atoms with Crippen molar-refractivity contribution in [2.24, 2.45) is 0 Å². The Bertz CT molecular complexity index is 669. The fraction of sp³-hybridized carbons (Fsp3) is 0.421. The summed E-state index contributed by atoms with van der Waals surface area (Å²) in [6, 6.07) is 10.6. The Morgan fingerprint density at radius 1 is 1.14 bits per heavy atom. The van der Waals surface area contributed by atoms with Gasteiger partial charge in [-0.25, -0.2) is 4.98 Å². The molecule has 0 fully saturated rings. The number of fused-ring (bicyclic) bond motifs is 1. The molecule has 1 heterocycles. The number of nitrogens with two attached hydrogens (primary N) is 1. The molecule has 0 saturated carbocycles. The predicted molar refractivity (Wildman–Crippen MR) is 92.7 cm³/mol. The molecule has 0 radical (unpaired) electrons. The number of nitrogen functional groups attached to an aromatic ring is 1. The molecule has 3 rings (SSSR count). The molecule has 0 bridgehead atoms. The zero-order valence-corrected chi connectivity index (χ0v) is 13.7. The Labute approximate surface area is 133 Å². The first-order valence-corrected chi connectivity index (χ1v) is 8.06. The van der Waals surface area contributed by atoms with Gasteiger partial charge in [-0.2, -0.15) is 0 Å². The molecule has 1 aliphatic carbocycles. The minimum atomic E-state index is 0.0550. The van der Waals surface area contributed by atoms with E-state index in [0.29, 0.717) is 5.82 Å². The zero-order valence-electron chi connectivity index (χ0n) is 13.7. The highest BCUT2D eigenvalue weighted by molar-refractivity contribution is 5.76. The number of nitrogens with one attached hydrogen (secondary N) is 1. The van der Waals surface area contributed by atoms with Gasteiger partial charge in [-0.1, -0.05) is 30.3 Å². The maximum atomic E-state index is 6.31. The van der Waals surface area contributed by atoms with E-state index in [9.17, 15) is 0 Å². The lowest BCUT2D eigenvalue weighted by Crippen LogP contribution is -2.35. The molecule has 1 aliphatic rings. The summed E-state index contributed by atoms with van der Waals surface area (Å²) in [5, 5.41) is 3.56. The lowest BCUT2D eigenvalue weighted by molar-refractivity contribution is 0.424. The van der Waals surface area contributed by atoms with E-state index < -0.39 is 0 Å². The number of hydrogen-bond acceptors (Lipinski definition) is 3. The lowest BCUT2D eigenvalue weighted by atomic mass is 9.93. The average Bonchev–Trinajstić information content (AvgIpc) is 2.92. The number of nitrogens with zero attached hydrogens (tertiary/aromatic N) is 1. The monoisotopic (exact) mass is 295 g/mol. The number of pyridine rings is 1. The second kappa shape index (κ2) is 5.73. The molecule has 3 heteroatoms. The molecule has 116 valence electrons. The first-order valence-electron chi connectivity index (χ1n) is 8.06. The van der Waals surface area contributed by atoms with Gasteiger partial charge in [0.1, 0.15) is 5.82 Å². The quantitative estimate of drug-likeness (QED) is 0.907. The van der Waals surface area contributed by atoms with E-state index in [1.54, 1.807) is 0 Å². The van der Waals surface area contributed by atoms with Gasteiger partial charge in [-0.05, 0) is 56.7 Å². The van der Waals surface area contributed by atoms with Gasteiger partial charge in [0, 0.05) is 23.3 Å². The van der Waals surface area contributed by atoms with Crippen molar-refractivity contribution >= 4 is 5.82 Å². The second-order valence-corrected chi connectivity index (χ2v) is 7.10. The third kappa shape index (κ3) is 3.00. The maximum Gasteiger partial charge on any atom is 0.128 e. The van der Waals surface area contributed by atoms with Crippen LogP contribution in [0.25, 0.3) is 11.1 Å². The summed E-state index contributed by atoms with van der Waals surface area (Å²) in [5.74, 6) is 0.677. The number of hydrogen-bond donors (Lipinski definition) is 2. The van der Waals surface area contributed by atoms with Crippen molar-refractivity contribution in [2.45, 2.75) is 52.1 Å². The number of aromatic nitrogens is 1. The van der Waals surface area contributed by atoms with Crippen molar-refractivity contribution < 1.29 is 0 Å². The third-order valence-corrected chi connectivity index (χ3v) is 4.21. The van der Waals surface area contributed by atoms with Gasteiger partial charge in [0.05, 0.1) is 0 Å². The minimum Gasteiger partial charge on any atom is -0.383 e. The molecular formula is C19H25N3. The normalized spacial score (nSPS) is 14.1. The molecule has 0 aliphatic heterocycles. The van der Waals surface area contributed by atoms with Gasteiger partial charge in [0.15, 0.2) is 0 Å².